The van der Waals surface area contributed by atoms with Crippen molar-refractivity contribution in [1.29, 1.82) is 0 Å². The maximum atomic E-state index is 13.4. The molecule has 2 heterocycles. The van der Waals surface area contributed by atoms with Gasteiger partial charge in [0, 0.05) is 6.54 Å². The minimum Gasteiger partial charge on any atom is -0.467 e. The Morgan fingerprint density at radius 3 is 2.62 bits per heavy atom. The second-order valence-electron chi connectivity index (χ2n) is 7.15. The summed E-state index contributed by atoms with van der Waals surface area (Å²) >= 11 is 0. The minimum absolute atomic E-state index is 0.158. The van der Waals surface area contributed by atoms with Crippen molar-refractivity contribution >= 4 is 15.9 Å². The van der Waals surface area contributed by atoms with Gasteiger partial charge in [0.25, 0.3) is 0 Å². The van der Waals surface area contributed by atoms with E-state index in [4.69, 9.17) is 4.42 Å². The lowest BCUT2D eigenvalue weighted by molar-refractivity contribution is -0.125. The Bertz CT molecular complexity index is 1120. The number of furan rings is 1. The largest absolute Gasteiger partial charge is 0.467 e. The van der Waals surface area contributed by atoms with E-state index < -0.39 is 16.1 Å². The van der Waals surface area contributed by atoms with Crippen LogP contribution in [0.4, 0.5) is 0 Å². The number of sulfonamides is 1. The third-order valence-electron chi connectivity index (χ3n) is 5.12. The zero-order valence-corrected chi connectivity index (χ0v) is 16.9. The van der Waals surface area contributed by atoms with Gasteiger partial charge >= 0.3 is 0 Å². The number of benzene rings is 2. The van der Waals surface area contributed by atoms with Crippen molar-refractivity contribution in [2.45, 2.75) is 37.4 Å². The Labute approximate surface area is 170 Å². The van der Waals surface area contributed by atoms with E-state index in [1.54, 1.807) is 30.3 Å². The van der Waals surface area contributed by atoms with Crippen LogP contribution >= 0.6 is 0 Å². The lowest BCUT2D eigenvalue weighted by Gasteiger charge is -2.35. The number of carbonyl (C=O) groups is 1. The van der Waals surface area contributed by atoms with Crippen LogP contribution in [0.15, 0.2) is 76.2 Å². The molecule has 0 spiro atoms. The Balaban J connectivity index is 1.67. The van der Waals surface area contributed by atoms with Gasteiger partial charge in [-0.15, -0.1) is 0 Å². The topological polar surface area (TPSA) is 79.6 Å². The Morgan fingerprint density at radius 2 is 1.90 bits per heavy atom. The number of fused-ring (bicyclic) bond motifs is 1. The van der Waals surface area contributed by atoms with Gasteiger partial charge in [-0.25, -0.2) is 8.42 Å². The molecule has 1 aromatic heterocycles. The number of hydrogen-bond donors (Lipinski definition) is 1. The first-order chi connectivity index (χ1) is 13.9. The summed E-state index contributed by atoms with van der Waals surface area (Å²) in [6, 6.07) is 17.1. The van der Waals surface area contributed by atoms with E-state index in [1.807, 2.05) is 37.3 Å². The summed E-state index contributed by atoms with van der Waals surface area (Å²) in [5, 5.41) is 2.81. The predicted molar refractivity (Wildman–Crippen MR) is 108 cm³/mol. The average molecular weight is 410 g/mol. The van der Waals surface area contributed by atoms with Gasteiger partial charge < -0.3 is 9.73 Å². The number of hydrogen-bond acceptors (Lipinski definition) is 4. The summed E-state index contributed by atoms with van der Waals surface area (Å²) < 4.78 is 33.4. The molecule has 0 aliphatic carbocycles. The molecule has 0 saturated carbocycles. The van der Waals surface area contributed by atoms with Gasteiger partial charge in [-0.3, -0.25) is 4.79 Å². The summed E-state index contributed by atoms with van der Waals surface area (Å²) in [5.41, 5.74) is 2.75. The number of rotatable bonds is 5. The van der Waals surface area contributed by atoms with Gasteiger partial charge in [-0.05, 0) is 54.3 Å². The molecule has 29 heavy (non-hydrogen) atoms. The highest BCUT2D eigenvalue weighted by atomic mass is 32.2. The molecule has 1 aliphatic rings. The fourth-order valence-corrected chi connectivity index (χ4v) is 5.26. The number of amides is 1. The monoisotopic (exact) mass is 410 g/mol. The van der Waals surface area contributed by atoms with Crippen LogP contribution in [0.5, 0.6) is 0 Å². The molecule has 0 unspecified atom stereocenters. The van der Waals surface area contributed by atoms with E-state index >= 15 is 0 Å². The van der Waals surface area contributed by atoms with Crippen LogP contribution in [0.2, 0.25) is 0 Å². The Kier molecular flexibility index (Phi) is 5.25. The van der Waals surface area contributed by atoms with Gasteiger partial charge in [0.15, 0.2) is 0 Å². The van der Waals surface area contributed by atoms with E-state index in [-0.39, 0.29) is 23.9 Å². The van der Waals surface area contributed by atoms with Crippen LogP contribution in [0.3, 0.4) is 0 Å². The molecule has 4 rings (SSSR count). The number of nitrogens with one attached hydrogen (secondary N) is 1. The summed E-state index contributed by atoms with van der Waals surface area (Å²) in [4.78, 5) is 13.2. The van der Waals surface area contributed by atoms with Crippen LogP contribution in [-0.4, -0.2) is 24.7 Å². The summed E-state index contributed by atoms with van der Waals surface area (Å²) in [7, 11) is -3.84. The standard InChI is InChI=1S/C22H22N2O4S/c1-16-6-4-10-20(12-16)29(26,27)24-15-18-8-3-2-7-17(18)13-21(24)22(25)23-14-19-9-5-11-28-19/h2-12,21H,13-15H2,1H3,(H,23,25)/t21-/m0/s1. The molecule has 1 aliphatic heterocycles. The van der Waals surface area contributed by atoms with Crippen molar-refractivity contribution in [2.24, 2.45) is 0 Å². The van der Waals surface area contributed by atoms with Crippen LogP contribution < -0.4 is 5.32 Å². The Hall–Kier alpha value is -2.90. The van der Waals surface area contributed by atoms with E-state index in [0.717, 1.165) is 16.7 Å². The van der Waals surface area contributed by atoms with E-state index in [0.29, 0.717) is 12.2 Å². The first-order valence-electron chi connectivity index (χ1n) is 9.40. The summed E-state index contributed by atoms with van der Waals surface area (Å²) in [6.45, 7) is 2.21. The quantitative estimate of drug-likeness (QED) is 0.701. The molecule has 3 aromatic rings. The highest BCUT2D eigenvalue weighted by molar-refractivity contribution is 7.89. The van der Waals surface area contributed by atoms with Crippen molar-refractivity contribution in [3.05, 3.63) is 89.4 Å². The molecule has 0 saturated heterocycles. The zero-order valence-electron chi connectivity index (χ0n) is 16.0. The maximum Gasteiger partial charge on any atom is 0.244 e. The molecule has 0 fully saturated rings. The average Bonchev–Trinajstić information content (AvgIpc) is 3.24. The van der Waals surface area contributed by atoms with Gasteiger partial charge in [-0.2, -0.15) is 4.31 Å². The highest BCUT2D eigenvalue weighted by Crippen LogP contribution is 2.29. The molecule has 1 amide bonds. The van der Waals surface area contributed by atoms with Crippen LogP contribution in [-0.2, 0) is 34.3 Å². The van der Waals surface area contributed by atoms with Crippen LogP contribution in [0.1, 0.15) is 22.5 Å². The van der Waals surface area contributed by atoms with E-state index in [1.165, 1.54) is 10.6 Å². The lowest BCUT2D eigenvalue weighted by atomic mass is 9.95. The highest BCUT2D eigenvalue weighted by Gasteiger charge is 2.39. The molecule has 6 nitrogen and oxygen atoms in total. The van der Waals surface area contributed by atoms with E-state index in [2.05, 4.69) is 5.32 Å². The lowest BCUT2D eigenvalue weighted by Crippen LogP contribution is -2.52. The van der Waals surface area contributed by atoms with Crippen LogP contribution in [0.25, 0.3) is 0 Å². The molecule has 150 valence electrons. The normalized spacial score (nSPS) is 16.9. The fourth-order valence-electron chi connectivity index (χ4n) is 3.59. The number of aryl methyl sites for hydroxylation is 1. The van der Waals surface area contributed by atoms with Crippen LogP contribution in [0, 0.1) is 6.92 Å². The SMILES string of the molecule is Cc1cccc(S(=O)(=O)N2Cc3ccccc3C[C@H]2C(=O)NCc2ccco2)c1. The molecular formula is C22H22N2O4S. The molecule has 0 bridgehead atoms. The molecule has 0 radical (unpaired) electrons. The predicted octanol–water partition coefficient (Wildman–Crippen LogP) is 3.02. The van der Waals surface area contributed by atoms with Gasteiger partial charge in [0.2, 0.25) is 15.9 Å². The molecule has 1 N–H and O–H groups in total. The van der Waals surface area contributed by atoms with Crippen molar-refractivity contribution in [1.82, 2.24) is 9.62 Å². The molecule has 1 atom stereocenters. The van der Waals surface area contributed by atoms with Gasteiger partial charge in [0.1, 0.15) is 11.8 Å². The third kappa shape index (κ3) is 3.97. The maximum absolute atomic E-state index is 13.4. The van der Waals surface area contributed by atoms with Gasteiger partial charge in [0.05, 0.1) is 17.7 Å². The number of carbonyl (C=O) groups excluding carboxylic acids is 1. The number of nitrogens with zero attached hydrogens (tertiary/aromatic N) is 1. The zero-order chi connectivity index (χ0) is 20.4. The molecular weight excluding hydrogens is 388 g/mol. The fraction of sp³-hybridized carbons (Fsp3) is 0.227. The first kappa shape index (κ1) is 19.4. The second kappa shape index (κ2) is 7.85. The van der Waals surface area contributed by atoms with E-state index in [9.17, 15) is 13.2 Å². The van der Waals surface area contributed by atoms with Crippen molar-refractivity contribution in [3.8, 4) is 0 Å². The molecule has 7 heteroatoms. The van der Waals surface area contributed by atoms with Gasteiger partial charge in [-0.1, -0.05) is 36.4 Å². The molecule has 2 aromatic carbocycles. The van der Waals surface area contributed by atoms with Crippen molar-refractivity contribution < 1.29 is 17.6 Å². The third-order valence-corrected chi connectivity index (χ3v) is 6.97. The van der Waals surface area contributed by atoms with Crippen molar-refractivity contribution in [3.63, 3.8) is 0 Å². The summed E-state index contributed by atoms with van der Waals surface area (Å²) in [6.07, 6.45) is 1.86. The summed E-state index contributed by atoms with van der Waals surface area (Å²) in [5.74, 6) is 0.273. The first-order valence-corrected chi connectivity index (χ1v) is 10.8. The smallest absolute Gasteiger partial charge is 0.244 e. The Morgan fingerprint density at radius 1 is 1.10 bits per heavy atom. The second-order valence-corrected chi connectivity index (χ2v) is 9.04. The minimum atomic E-state index is -3.84. The van der Waals surface area contributed by atoms with Crippen molar-refractivity contribution in [2.75, 3.05) is 0 Å².